The summed E-state index contributed by atoms with van der Waals surface area (Å²) in [4.78, 5) is 18.1. The number of nitrogens with one attached hydrogen (secondary N) is 1. The summed E-state index contributed by atoms with van der Waals surface area (Å²) in [7, 11) is 0. The summed E-state index contributed by atoms with van der Waals surface area (Å²) in [6.07, 6.45) is 9.43. The SMILES string of the molecule is O=c1[nH]c2ccccc2cc1CN(CC1CC1)C1CCCCC1. The van der Waals surface area contributed by atoms with Gasteiger partial charge in [0.05, 0.1) is 0 Å². The van der Waals surface area contributed by atoms with Gasteiger partial charge in [0.25, 0.3) is 5.56 Å². The first-order valence-corrected chi connectivity index (χ1v) is 9.14. The van der Waals surface area contributed by atoms with Gasteiger partial charge in [0.15, 0.2) is 0 Å². The Labute approximate surface area is 137 Å². The summed E-state index contributed by atoms with van der Waals surface area (Å²) in [5.41, 5.74) is 1.95. The summed E-state index contributed by atoms with van der Waals surface area (Å²) in [5, 5.41) is 1.14. The van der Waals surface area contributed by atoms with Gasteiger partial charge in [0.2, 0.25) is 0 Å². The lowest BCUT2D eigenvalue weighted by molar-refractivity contribution is 0.141. The van der Waals surface area contributed by atoms with Crippen LogP contribution in [-0.2, 0) is 6.54 Å². The van der Waals surface area contributed by atoms with Gasteiger partial charge in [-0.1, -0.05) is 37.5 Å². The Kier molecular flexibility index (Phi) is 4.21. The number of nitrogens with zero attached hydrogens (tertiary/aromatic N) is 1. The molecule has 2 fully saturated rings. The van der Waals surface area contributed by atoms with E-state index in [1.807, 2.05) is 18.2 Å². The van der Waals surface area contributed by atoms with Crippen LogP contribution in [0.5, 0.6) is 0 Å². The summed E-state index contributed by atoms with van der Waals surface area (Å²) >= 11 is 0. The summed E-state index contributed by atoms with van der Waals surface area (Å²) in [5.74, 6) is 0.872. The predicted octanol–water partition coefficient (Wildman–Crippen LogP) is 4.07. The van der Waals surface area contributed by atoms with E-state index in [0.29, 0.717) is 6.04 Å². The normalized spacial score (nSPS) is 19.5. The molecule has 2 aliphatic rings. The van der Waals surface area contributed by atoms with Gasteiger partial charge in [-0.05, 0) is 49.1 Å². The first kappa shape index (κ1) is 14.9. The molecule has 2 aliphatic carbocycles. The van der Waals surface area contributed by atoms with Crippen LogP contribution in [0.2, 0.25) is 0 Å². The minimum absolute atomic E-state index is 0.0836. The number of aromatic nitrogens is 1. The molecule has 122 valence electrons. The van der Waals surface area contributed by atoms with E-state index in [0.717, 1.165) is 28.9 Å². The maximum atomic E-state index is 12.5. The lowest BCUT2D eigenvalue weighted by Gasteiger charge is -2.34. The van der Waals surface area contributed by atoms with Crippen molar-refractivity contribution >= 4 is 10.9 Å². The van der Waals surface area contributed by atoms with Gasteiger partial charge in [-0.2, -0.15) is 0 Å². The molecule has 2 saturated carbocycles. The van der Waals surface area contributed by atoms with Crippen molar-refractivity contribution in [1.29, 1.82) is 0 Å². The molecule has 3 heteroatoms. The Morgan fingerprint density at radius 2 is 1.83 bits per heavy atom. The molecule has 4 rings (SSSR count). The average molecular weight is 310 g/mol. The van der Waals surface area contributed by atoms with Crippen LogP contribution in [0.4, 0.5) is 0 Å². The highest BCUT2D eigenvalue weighted by Crippen LogP contribution is 2.33. The fraction of sp³-hybridized carbons (Fsp3) is 0.550. The number of rotatable bonds is 5. The van der Waals surface area contributed by atoms with E-state index >= 15 is 0 Å². The molecule has 2 aromatic rings. The molecule has 0 unspecified atom stereocenters. The first-order chi connectivity index (χ1) is 11.3. The van der Waals surface area contributed by atoms with Gasteiger partial charge >= 0.3 is 0 Å². The monoisotopic (exact) mass is 310 g/mol. The number of benzene rings is 1. The number of pyridine rings is 1. The van der Waals surface area contributed by atoms with Crippen LogP contribution in [-0.4, -0.2) is 22.5 Å². The van der Waals surface area contributed by atoms with E-state index in [-0.39, 0.29) is 5.56 Å². The molecule has 0 bridgehead atoms. The van der Waals surface area contributed by atoms with Crippen LogP contribution in [0.1, 0.15) is 50.5 Å². The highest BCUT2D eigenvalue weighted by atomic mass is 16.1. The van der Waals surface area contributed by atoms with Crippen molar-refractivity contribution in [3.63, 3.8) is 0 Å². The van der Waals surface area contributed by atoms with Crippen LogP contribution in [0.3, 0.4) is 0 Å². The molecule has 3 nitrogen and oxygen atoms in total. The maximum absolute atomic E-state index is 12.5. The molecule has 0 saturated heterocycles. The summed E-state index contributed by atoms with van der Waals surface area (Å²) < 4.78 is 0. The number of fused-ring (bicyclic) bond motifs is 1. The molecular formula is C20H26N2O. The lowest BCUT2D eigenvalue weighted by atomic mass is 9.93. The van der Waals surface area contributed by atoms with E-state index < -0.39 is 0 Å². The highest BCUT2D eigenvalue weighted by molar-refractivity contribution is 5.78. The van der Waals surface area contributed by atoms with Crippen molar-refractivity contribution in [2.24, 2.45) is 5.92 Å². The number of aromatic amines is 1. The quantitative estimate of drug-likeness (QED) is 0.903. The topological polar surface area (TPSA) is 36.1 Å². The molecule has 1 heterocycles. The van der Waals surface area contributed by atoms with Gasteiger partial charge in [-0.3, -0.25) is 9.69 Å². The van der Waals surface area contributed by atoms with Crippen LogP contribution in [0.25, 0.3) is 10.9 Å². The summed E-state index contributed by atoms with van der Waals surface area (Å²) in [6, 6.07) is 10.8. The molecule has 1 N–H and O–H groups in total. The Balaban J connectivity index is 1.59. The van der Waals surface area contributed by atoms with E-state index in [2.05, 4.69) is 22.0 Å². The minimum atomic E-state index is 0.0836. The van der Waals surface area contributed by atoms with Crippen LogP contribution < -0.4 is 5.56 Å². The van der Waals surface area contributed by atoms with Crippen molar-refractivity contribution in [2.45, 2.75) is 57.5 Å². The fourth-order valence-electron chi connectivity index (χ4n) is 3.95. The average Bonchev–Trinajstić information content (AvgIpc) is 3.40. The molecule has 23 heavy (non-hydrogen) atoms. The smallest absolute Gasteiger partial charge is 0.252 e. The van der Waals surface area contributed by atoms with Gasteiger partial charge in [-0.25, -0.2) is 0 Å². The molecule has 0 radical (unpaired) electrons. The standard InChI is InChI=1S/C20H26N2O/c23-20-17(12-16-6-4-5-9-19(16)21-20)14-22(13-15-10-11-15)18-7-2-1-3-8-18/h4-6,9,12,15,18H,1-3,7-8,10-11,13-14H2,(H,21,23). The second-order valence-corrected chi connectivity index (χ2v) is 7.38. The molecule has 1 aromatic carbocycles. The van der Waals surface area contributed by atoms with Crippen LogP contribution in [0, 0.1) is 5.92 Å². The number of H-pyrrole nitrogens is 1. The zero-order chi connectivity index (χ0) is 15.6. The zero-order valence-corrected chi connectivity index (χ0v) is 13.8. The fourth-order valence-corrected chi connectivity index (χ4v) is 3.95. The Morgan fingerprint density at radius 1 is 1.04 bits per heavy atom. The van der Waals surface area contributed by atoms with E-state index in [1.165, 1.54) is 51.5 Å². The van der Waals surface area contributed by atoms with Crippen molar-refractivity contribution < 1.29 is 0 Å². The largest absolute Gasteiger partial charge is 0.322 e. The number of para-hydroxylation sites is 1. The first-order valence-electron chi connectivity index (χ1n) is 9.14. The molecule has 0 spiro atoms. The maximum Gasteiger partial charge on any atom is 0.252 e. The van der Waals surface area contributed by atoms with Crippen LogP contribution >= 0.6 is 0 Å². The summed E-state index contributed by atoms with van der Waals surface area (Å²) in [6.45, 7) is 1.98. The molecule has 0 atom stereocenters. The molecule has 0 aliphatic heterocycles. The zero-order valence-electron chi connectivity index (χ0n) is 13.8. The third-order valence-electron chi connectivity index (χ3n) is 5.48. The van der Waals surface area contributed by atoms with E-state index in [4.69, 9.17) is 0 Å². The highest BCUT2D eigenvalue weighted by Gasteiger charge is 2.29. The van der Waals surface area contributed by atoms with Crippen molar-refractivity contribution in [3.05, 3.63) is 46.2 Å². The third kappa shape index (κ3) is 3.50. The van der Waals surface area contributed by atoms with Crippen molar-refractivity contribution in [2.75, 3.05) is 6.54 Å². The molecule has 0 amide bonds. The molecular weight excluding hydrogens is 284 g/mol. The van der Waals surface area contributed by atoms with Gasteiger partial charge in [-0.15, -0.1) is 0 Å². The van der Waals surface area contributed by atoms with Crippen molar-refractivity contribution in [3.8, 4) is 0 Å². The van der Waals surface area contributed by atoms with Crippen LogP contribution in [0.15, 0.2) is 35.1 Å². The second-order valence-electron chi connectivity index (χ2n) is 7.38. The van der Waals surface area contributed by atoms with Gasteiger partial charge < -0.3 is 4.98 Å². The number of hydrogen-bond donors (Lipinski definition) is 1. The second kappa shape index (κ2) is 6.48. The minimum Gasteiger partial charge on any atom is -0.322 e. The van der Waals surface area contributed by atoms with Crippen molar-refractivity contribution in [1.82, 2.24) is 9.88 Å². The Hall–Kier alpha value is -1.61. The molecule has 1 aromatic heterocycles. The van der Waals surface area contributed by atoms with Gasteiger partial charge in [0, 0.05) is 30.2 Å². The Bertz CT molecular complexity index is 726. The lowest BCUT2D eigenvalue weighted by Crippen LogP contribution is -2.39. The van der Waals surface area contributed by atoms with E-state index in [9.17, 15) is 4.79 Å². The van der Waals surface area contributed by atoms with E-state index in [1.54, 1.807) is 0 Å². The third-order valence-corrected chi connectivity index (χ3v) is 5.48. The van der Waals surface area contributed by atoms with Gasteiger partial charge in [0.1, 0.15) is 0 Å². The Morgan fingerprint density at radius 3 is 2.61 bits per heavy atom. The predicted molar refractivity (Wildman–Crippen MR) is 94.6 cm³/mol. The number of hydrogen-bond acceptors (Lipinski definition) is 2.